The third kappa shape index (κ3) is 2.29. The largest absolute Gasteiger partial charge is 0.0934 e. The zero-order chi connectivity index (χ0) is 8.81. The predicted molar refractivity (Wildman–Crippen MR) is 48.9 cm³/mol. The Kier molecular flexibility index (Phi) is 3.17. The number of rotatable bonds is 3. The van der Waals surface area contributed by atoms with E-state index in [1.807, 2.05) is 37.3 Å². The first kappa shape index (κ1) is 8.62. The van der Waals surface area contributed by atoms with E-state index in [1.165, 1.54) is 5.56 Å². The molecule has 0 saturated heterocycles. The molecule has 0 aliphatic rings. The Hall–Kier alpha value is -1.47. The molecule has 0 heterocycles. The van der Waals surface area contributed by atoms with E-state index in [0.717, 1.165) is 0 Å². The first-order valence-electron chi connectivity index (χ1n) is 3.90. The third-order valence-electron chi connectivity index (χ3n) is 1.79. The Balaban J connectivity index is 2.65. The van der Waals surface area contributed by atoms with E-state index in [1.54, 1.807) is 0 Å². The zero-order valence-electron chi connectivity index (χ0n) is 7.01. The molecule has 1 aromatic carbocycles. The van der Waals surface area contributed by atoms with Crippen LogP contribution in [0.1, 0.15) is 18.4 Å². The fourth-order valence-corrected chi connectivity index (χ4v) is 1.05. The third-order valence-corrected chi connectivity index (χ3v) is 1.79. The van der Waals surface area contributed by atoms with E-state index >= 15 is 0 Å². The van der Waals surface area contributed by atoms with Crippen molar-refractivity contribution in [3.05, 3.63) is 46.3 Å². The highest BCUT2D eigenvalue weighted by molar-refractivity contribution is 5.18. The number of hydrogen-bond acceptors (Lipinski definition) is 1. The van der Waals surface area contributed by atoms with Crippen LogP contribution in [0, 0.1) is 0 Å². The minimum absolute atomic E-state index is 0.307. The van der Waals surface area contributed by atoms with Gasteiger partial charge in [-0.1, -0.05) is 42.4 Å². The molecule has 1 aromatic rings. The van der Waals surface area contributed by atoms with E-state index in [-0.39, 0.29) is 0 Å². The van der Waals surface area contributed by atoms with Gasteiger partial charge < -0.3 is 0 Å². The highest BCUT2D eigenvalue weighted by Gasteiger charge is 2.01. The average Bonchev–Trinajstić information content (AvgIpc) is 2.15. The Morgan fingerprint density at radius 3 is 2.67 bits per heavy atom. The summed E-state index contributed by atoms with van der Waals surface area (Å²) in [6.45, 7) is 2.57. The summed E-state index contributed by atoms with van der Waals surface area (Å²) in [6, 6.07) is 10.0. The van der Waals surface area contributed by atoms with Crippen LogP contribution in [0.5, 0.6) is 0 Å². The second-order valence-electron chi connectivity index (χ2n) is 2.73. The highest BCUT2D eigenvalue weighted by atomic mass is 15.1. The Morgan fingerprint density at radius 1 is 1.42 bits per heavy atom. The van der Waals surface area contributed by atoms with Crippen LogP contribution >= 0.6 is 0 Å². The van der Waals surface area contributed by atoms with Gasteiger partial charge in [-0.05, 0) is 17.0 Å². The first-order chi connectivity index (χ1) is 5.84. The summed E-state index contributed by atoms with van der Waals surface area (Å²) in [6.07, 6.45) is 0. The number of hydrogen-bond donors (Lipinski definition) is 0. The summed E-state index contributed by atoms with van der Waals surface area (Å²) in [5, 5.41) is 3.53. The van der Waals surface area contributed by atoms with E-state index in [2.05, 4.69) is 10.0 Å². The van der Waals surface area contributed by atoms with Crippen molar-refractivity contribution in [1.82, 2.24) is 0 Å². The van der Waals surface area contributed by atoms with E-state index in [0.29, 0.717) is 12.5 Å². The molecular weight excluding hydrogens is 150 g/mol. The van der Waals surface area contributed by atoms with Crippen molar-refractivity contribution >= 4 is 0 Å². The molecule has 0 unspecified atom stereocenters. The Bertz CT molecular complexity index is 275. The lowest BCUT2D eigenvalue weighted by molar-refractivity contribution is 0.769. The summed E-state index contributed by atoms with van der Waals surface area (Å²) in [4.78, 5) is 2.73. The van der Waals surface area contributed by atoms with E-state index < -0.39 is 0 Å². The topological polar surface area (TPSA) is 48.8 Å². The molecule has 3 nitrogen and oxygen atoms in total. The maximum absolute atomic E-state index is 8.12. The Labute approximate surface area is 71.7 Å². The second kappa shape index (κ2) is 4.42. The van der Waals surface area contributed by atoms with Crippen LogP contribution in [0.4, 0.5) is 0 Å². The van der Waals surface area contributed by atoms with Crippen molar-refractivity contribution in [3.63, 3.8) is 0 Å². The lowest BCUT2D eigenvalue weighted by Crippen LogP contribution is -1.95. The molecule has 12 heavy (non-hydrogen) atoms. The fourth-order valence-electron chi connectivity index (χ4n) is 1.05. The molecule has 0 aliphatic heterocycles. The smallest absolute Gasteiger partial charge is 0.0324 e. The zero-order valence-corrected chi connectivity index (χ0v) is 7.01. The summed E-state index contributed by atoms with van der Waals surface area (Å²) < 4.78 is 0. The molecule has 0 bridgehead atoms. The van der Waals surface area contributed by atoms with Crippen molar-refractivity contribution in [2.45, 2.75) is 12.8 Å². The molecule has 0 aromatic heterocycles. The van der Waals surface area contributed by atoms with Gasteiger partial charge >= 0.3 is 0 Å². The molecule has 0 radical (unpaired) electrons. The molecular formula is C9H11N3. The van der Waals surface area contributed by atoms with E-state index in [4.69, 9.17) is 5.53 Å². The van der Waals surface area contributed by atoms with Crippen LogP contribution in [0.2, 0.25) is 0 Å². The van der Waals surface area contributed by atoms with E-state index in [9.17, 15) is 0 Å². The maximum Gasteiger partial charge on any atom is 0.0324 e. The lowest BCUT2D eigenvalue weighted by Gasteiger charge is -2.06. The normalized spacial score (nSPS) is 11.8. The monoisotopic (exact) mass is 161 g/mol. The summed E-state index contributed by atoms with van der Waals surface area (Å²) >= 11 is 0. The molecule has 0 saturated carbocycles. The van der Waals surface area contributed by atoms with Gasteiger partial charge in [0.2, 0.25) is 0 Å². The minimum atomic E-state index is 0.307. The number of azide groups is 1. The fraction of sp³-hybridized carbons (Fsp3) is 0.333. The maximum atomic E-state index is 8.12. The first-order valence-corrected chi connectivity index (χ1v) is 3.90. The van der Waals surface area contributed by atoms with Gasteiger partial charge in [-0.2, -0.15) is 0 Å². The van der Waals surface area contributed by atoms with Crippen LogP contribution in [0.25, 0.3) is 10.4 Å². The molecule has 0 spiro atoms. The molecule has 3 heteroatoms. The molecule has 0 amide bonds. The summed E-state index contributed by atoms with van der Waals surface area (Å²) in [5.41, 5.74) is 9.33. The lowest BCUT2D eigenvalue weighted by atomic mass is 10.0. The number of benzene rings is 1. The molecule has 0 N–H and O–H groups in total. The number of nitrogens with zero attached hydrogens (tertiary/aromatic N) is 3. The highest BCUT2D eigenvalue weighted by Crippen LogP contribution is 2.14. The molecule has 1 rings (SSSR count). The SMILES string of the molecule is C[C@@H](CN=[N+]=[N-])c1ccccc1. The second-order valence-corrected chi connectivity index (χ2v) is 2.73. The molecule has 1 atom stereocenters. The van der Waals surface area contributed by atoms with Gasteiger partial charge in [0.15, 0.2) is 0 Å². The van der Waals surface area contributed by atoms with Crippen LogP contribution in [0.3, 0.4) is 0 Å². The standard InChI is InChI=1S/C9H11N3/c1-8(7-11-12-10)9-5-3-2-4-6-9/h2-6,8H,7H2,1H3/t8-/m0/s1. The van der Waals surface area contributed by atoms with Gasteiger partial charge in [0.1, 0.15) is 0 Å². The minimum Gasteiger partial charge on any atom is -0.0934 e. The van der Waals surface area contributed by atoms with Gasteiger partial charge in [-0.25, -0.2) is 0 Å². The van der Waals surface area contributed by atoms with Crippen LogP contribution < -0.4 is 0 Å². The summed E-state index contributed by atoms with van der Waals surface area (Å²) in [5.74, 6) is 0.307. The van der Waals surface area contributed by atoms with Gasteiger partial charge in [-0.3, -0.25) is 0 Å². The van der Waals surface area contributed by atoms with Gasteiger partial charge in [0.25, 0.3) is 0 Å². The Morgan fingerprint density at radius 2 is 2.08 bits per heavy atom. The summed E-state index contributed by atoms with van der Waals surface area (Å²) in [7, 11) is 0. The van der Waals surface area contributed by atoms with Crippen LogP contribution in [-0.2, 0) is 0 Å². The van der Waals surface area contributed by atoms with Gasteiger partial charge in [0.05, 0.1) is 0 Å². The molecule has 0 fully saturated rings. The molecule has 62 valence electrons. The molecule has 0 aliphatic carbocycles. The van der Waals surface area contributed by atoms with Crippen molar-refractivity contribution in [2.75, 3.05) is 6.54 Å². The van der Waals surface area contributed by atoms with Crippen molar-refractivity contribution in [3.8, 4) is 0 Å². The van der Waals surface area contributed by atoms with Crippen LogP contribution in [0.15, 0.2) is 35.4 Å². The average molecular weight is 161 g/mol. The van der Waals surface area contributed by atoms with Crippen molar-refractivity contribution < 1.29 is 0 Å². The predicted octanol–water partition coefficient (Wildman–Crippen LogP) is 3.10. The van der Waals surface area contributed by atoms with Crippen LogP contribution in [-0.4, -0.2) is 6.54 Å². The quantitative estimate of drug-likeness (QED) is 0.371. The van der Waals surface area contributed by atoms with Gasteiger partial charge in [-0.15, -0.1) is 0 Å². The van der Waals surface area contributed by atoms with Crippen molar-refractivity contribution in [2.24, 2.45) is 5.11 Å². The van der Waals surface area contributed by atoms with Gasteiger partial charge in [0, 0.05) is 11.5 Å². The van der Waals surface area contributed by atoms with Crippen molar-refractivity contribution in [1.29, 1.82) is 0 Å².